The van der Waals surface area contributed by atoms with Crippen LogP contribution in [0.4, 0.5) is 4.79 Å². The Balaban J connectivity index is 1.47. The Morgan fingerprint density at radius 2 is 2.14 bits per heavy atom. The summed E-state index contributed by atoms with van der Waals surface area (Å²) in [5.74, 6) is 0.691. The molecule has 4 heteroatoms. The molecule has 3 rings (SSSR count). The van der Waals surface area contributed by atoms with Crippen LogP contribution in [0.3, 0.4) is 0 Å². The monoisotopic (exact) mass is 300 g/mol. The molecule has 0 aromatic heterocycles. The van der Waals surface area contributed by atoms with Gasteiger partial charge in [0.05, 0.1) is 6.26 Å². The van der Waals surface area contributed by atoms with Crippen molar-refractivity contribution in [1.29, 1.82) is 0 Å². The maximum atomic E-state index is 11.7. The number of fused-ring (bicyclic) bond motifs is 1. The predicted octanol–water partition coefficient (Wildman–Crippen LogP) is 3.00. The minimum Gasteiger partial charge on any atom is -0.419 e. The van der Waals surface area contributed by atoms with Crippen LogP contribution in [0, 0.1) is 0 Å². The van der Waals surface area contributed by atoms with E-state index in [1.807, 2.05) is 7.05 Å². The van der Waals surface area contributed by atoms with Gasteiger partial charge in [0.2, 0.25) is 0 Å². The van der Waals surface area contributed by atoms with Crippen molar-refractivity contribution in [3.63, 3.8) is 0 Å². The maximum absolute atomic E-state index is 11.7. The predicted molar refractivity (Wildman–Crippen MR) is 86.8 cm³/mol. The molecular formula is C18H24N2O2. The summed E-state index contributed by atoms with van der Waals surface area (Å²) < 4.78 is 4.85. The Bertz CT molecular complexity index is 550. The molecule has 1 aromatic rings. The number of ether oxygens (including phenoxy) is 1. The quantitative estimate of drug-likeness (QED) is 0.801. The molecule has 118 valence electrons. The van der Waals surface area contributed by atoms with Crippen molar-refractivity contribution in [2.24, 2.45) is 0 Å². The first kappa shape index (κ1) is 15.1. The Kier molecular flexibility index (Phi) is 4.48. The lowest BCUT2D eigenvalue weighted by Gasteiger charge is -2.40. The molecule has 0 spiro atoms. The number of amides is 1. The number of hydrogen-bond acceptors (Lipinski definition) is 3. The van der Waals surface area contributed by atoms with Gasteiger partial charge in [-0.05, 0) is 30.4 Å². The molecule has 1 aromatic carbocycles. The van der Waals surface area contributed by atoms with E-state index < -0.39 is 0 Å². The van der Waals surface area contributed by atoms with Crippen molar-refractivity contribution in [3.05, 3.63) is 48.2 Å². The van der Waals surface area contributed by atoms with Crippen LogP contribution in [0.25, 0.3) is 0 Å². The normalized spacial score (nSPS) is 21.6. The van der Waals surface area contributed by atoms with Gasteiger partial charge in [0.15, 0.2) is 0 Å². The van der Waals surface area contributed by atoms with E-state index in [4.69, 9.17) is 4.74 Å². The number of piperidine rings is 1. The fourth-order valence-corrected chi connectivity index (χ4v) is 3.63. The molecule has 1 heterocycles. The molecule has 1 aliphatic carbocycles. The van der Waals surface area contributed by atoms with E-state index in [9.17, 15) is 4.79 Å². The Labute approximate surface area is 132 Å². The third-order valence-corrected chi connectivity index (χ3v) is 5.02. The highest BCUT2D eigenvalue weighted by molar-refractivity contribution is 5.68. The third-order valence-electron chi connectivity index (χ3n) is 5.02. The van der Waals surface area contributed by atoms with Crippen LogP contribution in [0.15, 0.2) is 37.1 Å². The van der Waals surface area contributed by atoms with E-state index >= 15 is 0 Å². The van der Waals surface area contributed by atoms with Crippen LogP contribution < -0.4 is 0 Å². The number of likely N-dealkylation sites (tertiary alicyclic amines) is 1. The molecule has 1 aliphatic heterocycles. The minimum absolute atomic E-state index is 0.275. The number of rotatable bonds is 4. The fourth-order valence-electron chi connectivity index (χ4n) is 3.63. The first-order valence-electron chi connectivity index (χ1n) is 8.03. The highest BCUT2D eigenvalue weighted by Crippen LogP contribution is 2.35. The average Bonchev–Trinajstić information content (AvgIpc) is 2.53. The number of nitrogens with zero attached hydrogens (tertiary/aromatic N) is 2. The number of carbonyl (C=O) groups excluding carboxylic acids is 1. The third kappa shape index (κ3) is 3.02. The number of benzene rings is 1. The van der Waals surface area contributed by atoms with E-state index in [1.54, 1.807) is 4.90 Å². The smallest absolute Gasteiger partial charge is 0.414 e. The van der Waals surface area contributed by atoms with Crippen molar-refractivity contribution < 1.29 is 9.53 Å². The summed E-state index contributed by atoms with van der Waals surface area (Å²) in [7, 11) is 1.81. The lowest BCUT2D eigenvalue weighted by atomic mass is 9.77. The molecule has 0 saturated carbocycles. The highest BCUT2D eigenvalue weighted by atomic mass is 16.5. The Morgan fingerprint density at radius 3 is 2.82 bits per heavy atom. The molecule has 0 bridgehead atoms. The van der Waals surface area contributed by atoms with Gasteiger partial charge in [-0.15, -0.1) is 0 Å². The molecule has 1 atom stereocenters. The van der Waals surface area contributed by atoms with E-state index in [2.05, 4.69) is 35.7 Å². The van der Waals surface area contributed by atoms with Crippen LogP contribution in [0.1, 0.15) is 29.9 Å². The van der Waals surface area contributed by atoms with Crippen molar-refractivity contribution in [1.82, 2.24) is 9.80 Å². The minimum atomic E-state index is -0.304. The lowest BCUT2D eigenvalue weighted by Crippen LogP contribution is -2.47. The molecule has 1 amide bonds. The van der Waals surface area contributed by atoms with Gasteiger partial charge in [-0.3, -0.25) is 0 Å². The first-order chi connectivity index (χ1) is 10.7. The zero-order chi connectivity index (χ0) is 15.5. The van der Waals surface area contributed by atoms with Crippen LogP contribution in [-0.2, 0) is 11.2 Å². The second kappa shape index (κ2) is 6.53. The second-order valence-electron chi connectivity index (χ2n) is 6.29. The summed E-state index contributed by atoms with van der Waals surface area (Å²) >= 11 is 0. The fraction of sp³-hybridized carbons (Fsp3) is 0.500. The maximum Gasteiger partial charge on any atom is 0.414 e. The standard InChI is InChI=1S/C18H24N2O2/c1-3-22-18(21)19(2)16-8-10-20(11-9-16)13-15-12-14-6-4-5-7-17(14)15/h3-7,15-16H,1,8-13H2,2H3. The zero-order valence-electron chi connectivity index (χ0n) is 13.2. The number of hydrogen-bond donors (Lipinski definition) is 0. The van der Waals surface area contributed by atoms with Crippen LogP contribution >= 0.6 is 0 Å². The molecule has 22 heavy (non-hydrogen) atoms. The van der Waals surface area contributed by atoms with Crippen molar-refractivity contribution in [3.8, 4) is 0 Å². The van der Waals surface area contributed by atoms with Gasteiger partial charge in [0, 0.05) is 38.6 Å². The second-order valence-corrected chi connectivity index (χ2v) is 6.29. The van der Waals surface area contributed by atoms with E-state index in [-0.39, 0.29) is 12.1 Å². The first-order valence-corrected chi connectivity index (χ1v) is 8.03. The van der Waals surface area contributed by atoms with E-state index in [1.165, 1.54) is 23.8 Å². The Hall–Kier alpha value is -1.81. The Morgan fingerprint density at radius 1 is 1.41 bits per heavy atom. The van der Waals surface area contributed by atoms with Crippen LogP contribution in [0.5, 0.6) is 0 Å². The number of carbonyl (C=O) groups is 1. The molecular weight excluding hydrogens is 276 g/mol. The summed E-state index contributed by atoms with van der Waals surface area (Å²) in [6.07, 6.45) is 4.12. The summed E-state index contributed by atoms with van der Waals surface area (Å²) in [4.78, 5) is 16.0. The molecule has 1 fully saturated rings. The van der Waals surface area contributed by atoms with Gasteiger partial charge in [-0.2, -0.15) is 0 Å². The molecule has 2 aliphatic rings. The largest absolute Gasteiger partial charge is 0.419 e. The summed E-state index contributed by atoms with van der Waals surface area (Å²) in [6.45, 7) is 6.67. The van der Waals surface area contributed by atoms with Crippen LogP contribution in [0.2, 0.25) is 0 Å². The van der Waals surface area contributed by atoms with Crippen molar-refractivity contribution in [2.75, 3.05) is 26.7 Å². The average molecular weight is 300 g/mol. The van der Waals surface area contributed by atoms with Gasteiger partial charge in [0.1, 0.15) is 0 Å². The van der Waals surface area contributed by atoms with Gasteiger partial charge in [0.25, 0.3) is 0 Å². The van der Waals surface area contributed by atoms with Crippen LogP contribution in [-0.4, -0.2) is 48.6 Å². The van der Waals surface area contributed by atoms with Gasteiger partial charge >= 0.3 is 6.09 Å². The van der Waals surface area contributed by atoms with Gasteiger partial charge in [-0.25, -0.2) is 4.79 Å². The van der Waals surface area contributed by atoms with Gasteiger partial charge in [-0.1, -0.05) is 30.8 Å². The van der Waals surface area contributed by atoms with Crippen molar-refractivity contribution in [2.45, 2.75) is 31.2 Å². The summed E-state index contributed by atoms with van der Waals surface area (Å²) in [5.41, 5.74) is 3.03. The molecule has 1 saturated heterocycles. The summed E-state index contributed by atoms with van der Waals surface area (Å²) in [6, 6.07) is 9.03. The van der Waals surface area contributed by atoms with Gasteiger partial charge < -0.3 is 14.5 Å². The van der Waals surface area contributed by atoms with E-state index in [0.29, 0.717) is 5.92 Å². The van der Waals surface area contributed by atoms with E-state index in [0.717, 1.165) is 32.5 Å². The molecule has 1 unspecified atom stereocenters. The van der Waals surface area contributed by atoms with Crippen molar-refractivity contribution >= 4 is 6.09 Å². The molecule has 0 radical (unpaired) electrons. The zero-order valence-corrected chi connectivity index (χ0v) is 13.2. The molecule has 4 nitrogen and oxygen atoms in total. The highest BCUT2D eigenvalue weighted by Gasteiger charge is 2.30. The lowest BCUT2D eigenvalue weighted by molar-refractivity contribution is 0.0975. The summed E-state index contributed by atoms with van der Waals surface area (Å²) in [5, 5.41) is 0. The molecule has 0 N–H and O–H groups in total. The topological polar surface area (TPSA) is 32.8 Å². The SMILES string of the molecule is C=COC(=O)N(C)C1CCN(CC2Cc3ccccc32)CC1.